The van der Waals surface area contributed by atoms with Crippen molar-refractivity contribution in [2.24, 2.45) is 0 Å². The summed E-state index contributed by atoms with van der Waals surface area (Å²) in [5, 5.41) is 9.99. The summed E-state index contributed by atoms with van der Waals surface area (Å²) in [6.07, 6.45) is 5.15. The molecule has 0 saturated carbocycles. The van der Waals surface area contributed by atoms with E-state index in [1.54, 1.807) is 0 Å². The van der Waals surface area contributed by atoms with Crippen molar-refractivity contribution >= 4 is 0 Å². The van der Waals surface area contributed by atoms with Gasteiger partial charge >= 0.3 is 0 Å². The maximum Gasteiger partial charge on any atom is 0.119 e. The third-order valence-corrected chi connectivity index (χ3v) is 3.86. The van der Waals surface area contributed by atoms with E-state index in [0.29, 0.717) is 6.61 Å². The van der Waals surface area contributed by atoms with E-state index < -0.39 is 0 Å². The second-order valence-corrected chi connectivity index (χ2v) is 5.21. The van der Waals surface area contributed by atoms with Crippen molar-refractivity contribution in [3.8, 4) is 5.75 Å². The smallest absolute Gasteiger partial charge is 0.119 e. The number of aryl methyl sites for hydroxylation is 1. The SMILES string of the molecule is O[C@@H]1CCCc2ccc(OCC3CCCO3)cc21. The van der Waals surface area contributed by atoms with Gasteiger partial charge in [0, 0.05) is 6.61 Å². The molecule has 1 heterocycles. The van der Waals surface area contributed by atoms with E-state index in [1.807, 2.05) is 12.1 Å². The van der Waals surface area contributed by atoms with Crippen molar-refractivity contribution in [3.05, 3.63) is 29.3 Å². The van der Waals surface area contributed by atoms with Crippen LogP contribution in [0.15, 0.2) is 18.2 Å². The number of hydrogen-bond acceptors (Lipinski definition) is 3. The highest BCUT2D eigenvalue weighted by molar-refractivity contribution is 5.38. The normalized spacial score (nSPS) is 26.9. The van der Waals surface area contributed by atoms with Crippen LogP contribution in [0, 0.1) is 0 Å². The molecule has 0 radical (unpaired) electrons. The Morgan fingerprint density at radius 3 is 3.06 bits per heavy atom. The fourth-order valence-corrected chi connectivity index (χ4v) is 2.81. The number of ether oxygens (including phenoxy) is 2. The van der Waals surface area contributed by atoms with Crippen molar-refractivity contribution in [1.82, 2.24) is 0 Å². The van der Waals surface area contributed by atoms with Crippen molar-refractivity contribution in [1.29, 1.82) is 0 Å². The predicted molar refractivity (Wildman–Crippen MR) is 68.8 cm³/mol. The molecule has 1 aromatic rings. The van der Waals surface area contributed by atoms with E-state index in [4.69, 9.17) is 9.47 Å². The maximum atomic E-state index is 9.99. The Balaban J connectivity index is 1.67. The first-order chi connectivity index (χ1) is 8.83. The molecule has 1 fully saturated rings. The molecule has 3 rings (SSSR count). The Kier molecular flexibility index (Phi) is 3.52. The van der Waals surface area contributed by atoms with Gasteiger partial charge in [0.05, 0.1) is 12.2 Å². The van der Waals surface area contributed by atoms with Crippen molar-refractivity contribution in [2.75, 3.05) is 13.2 Å². The summed E-state index contributed by atoms with van der Waals surface area (Å²) in [7, 11) is 0. The highest BCUT2D eigenvalue weighted by Gasteiger charge is 2.19. The van der Waals surface area contributed by atoms with Crippen LogP contribution in [-0.4, -0.2) is 24.4 Å². The average molecular weight is 248 g/mol. The van der Waals surface area contributed by atoms with Crippen LogP contribution in [0.5, 0.6) is 5.75 Å². The fraction of sp³-hybridized carbons (Fsp3) is 0.600. The Bertz CT molecular complexity index is 410. The highest BCUT2D eigenvalue weighted by atomic mass is 16.5. The zero-order valence-corrected chi connectivity index (χ0v) is 10.6. The highest BCUT2D eigenvalue weighted by Crippen LogP contribution is 2.32. The quantitative estimate of drug-likeness (QED) is 0.893. The number of benzene rings is 1. The van der Waals surface area contributed by atoms with E-state index >= 15 is 0 Å². The van der Waals surface area contributed by atoms with Crippen LogP contribution in [0.4, 0.5) is 0 Å². The molecule has 0 bridgehead atoms. The minimum atomic E-state index is -0.319. The summed E-state index contributed by atoms with van der Waals surface area (Å²) >= 11 is 0. The summed E-state index contributed by atoms with van der Waals surface area (Å²) in [5.74, 6) is 0.852. The van der Waals surface area contributed by atoms with E-state index in [9.17, 15) is 5.11 Å². The zero-order valence-electron chi connectivity index (χ0n) is 10.6. The van der Waals surface area contributed by atoms with Crippen molar-refractivity contribution < 1.29 is 14.6 Å². The number of hydrogen-bond donors (Lipinski definition) is 1. The molecule has 3 heteroatoms. The first-order valence-electron chi connectivity index (χ1n) is 6.88. The number of fused-ring (bicyclic) bond motifs is 1. The number of rotatable bonds is 3. The van der Waals surface area contributed by atoms with Gasteiger partial charge in [0.25, 0.3) is 0 Å². The van der Waals surface area contributed by atoms with Gasteiger partial charge in [-0.15, -0.1) is 0 Å². The van der Waals surface area contributed by atoms with Crippen LogP contribution in [0.3, 0.4) is 0 Å². The largest absolute Gasteiger partial charge is 0.491 e. The van der Waals surface area contributed by atoms with Gasteiger partial charge in [0.1, 0.15) is 12.4 Å². The van der Waals surface area contributed by atoms with E-state index in [-0.39, 0.29) is 12.2 Å². The molecule has 3 nitrogen and oxygen atoms in total. The lowest BCUT2D eigenvalue weighted by molar-refractivity contribution is 0.0677. The third kappa shape index (κ3) is 2.52. The van der Waals surface area contributed by atoms with Gasteiger partial charge in [0.15, 0.2) is 0 Å². The maximum absolute atomic E-state index is 9.99. The van der Waals surface area contributed by atoms with Crippen LogP contribution >= 0.6 is 0 Å². The molecule has 18 heavy (non-hydrogen) atoms. The fourth-order valence-electron chi connectivity index (χ4n) is 2.81. The predicted octanol–water partition coefficient (Wildman–Crippen LogP) is 2.61. The molecule has 1 aromatic carbocycles. The molecule has 1 aliphatic carbocycles. The summed E-state index contributed by atoms with van der Waals surface area (Å²) in [6.45, 7) is 1.48. The summed E-state index contributed by atoms with van der Waals surface area (Å²) in [5.41, 5.74) is 2.31. The van der Waals surface area contributed by atoms with Crippen molar-refractivity contribution in [2.45, 2.75) is 44.3 Å². The van der Waals surface area contributed by atoms with E-state index in [0.717, 1.165) is 50.0 Å². The topological polar surface area (TPSA) is 38.7 Å². The molecule has 1 aliphatic heterocycles. The molecule has 0 aromatic heterocycles. The van der Waals surface area contributed by atoms with Crippen LogP contribution in [-0.2, 0) is 11.2 Å². The minimum Gasteiger partial charge on any atom is -0.491 e. The Labute approximate surface area is 108 Å². The number of aliphatic hydroxyl groups is 1. The Hall–Kier alpha value is -1.06. The molecular formula is C15H20O3. The third-order valence-electron chi connectivity index (χ3n) is 3.86. The van der Waals surface area contributed by atoms with Crippen LogP contribution in [0.1, 0.15) is 42.9 Å². The van der Waals surface area contributed by atoms with Gasteiger partial charge in [-0.3, -0.25) is 0 Å². The molecule has 1 unspecified atom stereocenters. The van der Waals surface area contributed by atoms with Gasteiger partial charge < -0.3 is 14.6 Å². The number of aliphatic hydroxyl groups excluding tert-OH is 1. The van der Waals surface area contributed by atoms with Crippen LogP contribution in [0.2, 0.25) is 0 Å². The van der Waals surface area contributed by atoms with Gasteiger partial charge in [-0.05, 0) is 55.4 Å². The van der Waals surface area contributed by atoms with Gasteiger partial charge in [0.2, 0.25) is 0 Å². The molecular weight excluding hydrogens is 228 g/mol. The van der Waals surface area contributed by atoms with Crippen LogP contribution in [0.25, 0.3) is 0 Å². The second-order valence-electron chi connectivity index (χ2n) is 5.21. The first kappa shape index (κ1) is 12.0. The summed E-state index contributed by atoms with van der Waals surface area (Å²) in [4.78, 5) is 0. The monoisotopic (exact) mass is 248 g/mol. The standard InChI is InChI=1S/C15H20O3/c16-15-5-1-3-11-6-7-12(9-14(11)15)18-10-13-4-2-8-17-13/h6-7,9,13,15-16H,1-5,8,10H2/t13?,15-/m1/s1. The lowest BCUT2D eigenvalue weighted by Crippen LogP contribution is -2.16. The molecule has 2 aliphatic rings. The van der Waals surface area contributed by atoms with Gasteiger partial charge in [-0.2, -0.15) is 0 Å². The van der Waals surface area contributed by atoms with E-state index in [2.05, 4.69) is 6.07 Å². The van der Waals surface area contributed by atoms with Gasteiger partial charge in [-0.25, -0.2) is 0 Å². The van der Waals surface area contributed by atoms with Crippen molar-refractivity contribution in [3.63, 3.8) is 0 Å². The zero-order chi connectivity index (χ0) is 12.4. The molecule has 98 valence electrons. The molecule has 0 spiro atoms. The molecule has 1 N–H and O–H groups in total. The lowest BCUT2D eigenvalue weighted by Gasteiger charge is -2.22. The van der Waals surface area contributed by atoms with Gasteiger partial charge in [-0.1, -0.05) is 6.07 Å². The molecule has 2 atom stereocenters. The van der Waals surface area contributed by atoms with E-state index in [1.165, 1.54) is 5.56 Å². The molecule has 0 amide bonds. The second kappa shape index (κ2) is 5.29. The lowest BCUT2D eigenvalue weighted by atomic mass is 9.89. The molecule has 1 saturated heterocycles. The minimum absolute atomic E-state index is 0.242. The summed E-state index contributed by atoms with van der Waals surface area (Å²) < 4.78 is 11.3. The van der Waals surface area contributed by atoms with Crippen LogP contribution < -0.4 is 4.74 Å². The Morgan fingerprint density at radius 2 is 2.22 bits per heavy atom. The summed E-state index contributed by atoms with van der Waals surface area (Å²) in [6, 6.07) is 6.09. The Morgan fingerprint density at radius 1 is 1.28 bits per heavy atom. The average Bonchev–Trinajstić information content (AvgIpc) is 2.90. The first-order valence-corrected chi connectivity index (χ1v) is 6.88.